The van der Waals surface area contributed by atoms with E-state index in [0.717, 1.165) is 4.57 Å². The fourth-order valence-electron chi connectivity index (χ4n) is 2.15. The Morgan fingerprint density at radius 2 is 2.00 bits per heavy atom. The molecule has 0 saturated carbocycles. The van der Waals surface area contributed by atoms with E-state index in [2.05, 4.69) is 5.32 Å². The highest BCUT2D eigenvalue weighted by Gasteiger charge is 2.35. The molecule has 1 heterocycles. The number of aliphatic carboxylic acids is 1. The average Bonchev–Trinajstić information content (AvgIpc) is 2.87. The summed E-state index contributed by atoms with van der Waals surface area (Å²) < 4.78 is 26.0. The molecule has 2 N–H and O–H groups in total. The average molecular weight is 302 g/mol. The lowest BCUT2D eigenvalue weighted by molar-refractivity contribution is -0.149. The van der Waals surface area contributed by atoms with Crippen molar-refractivity contribution in [1.29, 1.82) is 0 Å². The van der Waals surface area contributed by atoms with Gasteiger partial charge in [0.1, 0.15) is 5.69 Å². The Bertz CT molecular complexity index is 496. The summed E-state index contributed by atoms with van der Waals surface area (Å²) in [6, 6.07) is 2.93. The van der Waals surface area contributed by atoms with Crippen LogP contribution in [0.1, 0.15) is 37.2 Å². The van der Waals surface area contributed by atoms with Gasteiger partial charge in [-0.15, -0.1) is 0 Å². The van der Waals surface area contributed by atoms with Gasteiger partial charge in [-0.1, -0.05) is 13.8 Å². The van der Waals surface area contributed by atoms with Gasteiger partial charge in [-0.05, 0) is 25.0 Å². The fraction of sp³-hybridized carbons (Fsp3) is 0.571. The Labute approximate surface area is 121 Å². The highest BCUT2D eigenvalue weighted by Crippen LogP contribution is 2.25. The van der Waals surface area contributed by atoms with Gasteiger partial charge < -0.3 is 15.0 Å². The molecule has 0 aliphatic carbocycles. The van der Waals surface area contributed by atoms with Crippen molar-refractivity contribution >= 4 is 11.9 Å². The molecule has 0 spiro atoms. The molecule has 118 valence electrons. The molecule has 0 aliphatic heterocycles. The molecule has 7 heteroatoms. The van der Waals surface area contributed by atoms with Crippen LogP contribution in [0, 0.1) is 5.41 Å². The second-order valence-corrected chi connectivity index (χ2v) is 4.91. The van der Waals surface area contributed by atoms with Crippen molar-refractivity contribution in [2.45, 2.75) is 39.7 Å². The first kappa shape index (κ1) is 17.1. The number of nitrogens with one attached hydrogen (secondary N) is 1. The van der Waals surface area contributed by atoms with Crippen LogP contribution in [0.3, 0.4) is 0 Å². The van der Waals surface area contributed by atoms with Gasteiger partial charge in [-0.25, -0.2) is 8.78 Å². The molecule has 5 nitrogen and oxygen atoms in total. The van der Waals surface area contributed by atoms with Gasteiger partial charge in [-0.2, -0.15) is 0 Å². The number of carboxylic acids is 1. The van der Waals surface area contributed by atoms with Crippen molar-refractivity contribution in [3.8, 4) is 0 Å². The molecule has 0 radical (unpaired) electrons. The number of alkyl halides is 2. The topological polar surface area (TPSA) is 71.3 Å². The standard InChI is InChI=1S/C14H20F2N2O3/c1-3-14(4-2,13(20)21)9-17-12(19)10-6-5-7-18(10)8-11(15)16/h5-7,11H,3-4,8-9H2,1-2H3,(H,17,19)(H,20,21). The Kier molecular flexibility index (Phi) is 5.87. The number of halogens is 2. The molecule has 0 aliphatic rings. The second-order valence-electron chi connectivity index (χ2n) is 4.91. The highest BCUT2D eigenvalue weighted by molar-refractivity contribution is 5.93. The summed E-state index contributed by atoms with van der Waals surface area (Å²) in [5.41, 5.74) is -0.933. The predicted molar refractivity (Wildman–Crippen MR) is 73.4 cm³/mol. The second kappa shape index (κ2) is 7.19. The van der Waals surface area contributed by atoms with Crippen molar-refractivity contribution in [2.24, 2.45) is 5.41 Å². The van der Waals surface area contributed by atoms with Gasteiger partial charge >= 0.3 is 5.97 Å². The van der Waals surface area contributed by atoms with Crippen LogP contribution in [0.5, 0.6) is 0 Å². The molecule has 1 aromatic rings. The van der Waals surface area contributed by atoms with E-state index in [1.54, 1.807) is 13.8 Å². The zero-order valence-corrected chi connectivity index (χ0v) is 12.1. The number of amides is 1. The van der Waals surface area contributed by atoms with Gasteiger partial charge in [0.25, 0.3) is 12.3 Å². The number of carbonyl (C=O) groups is 2. The van der Waals surface area contributed by atoms with Gasteiger partial charge in [0.15, 0.2) is 0 Å². The van der Waals surface area contributed by atoms with Gasteiger partial charge in [0.05, 0.1) is 12.0 Å². The molecular weight excluding hydrogens is 282 g/mol. The van der Waals surface area contributed by atoms with Crippen LogP contribution in [-0.4, -0.2) is 34.5 Å². The molecule has 0 aromatic carbocycles. The van der Waals surface area contributed by atoms with Crippen LogP contribution >= 0.6 is 0 Å². The smallest absolute Gasteiger partial charge is 0.311 e. The number of carbonyl (C=O) groups excluding carboxylic acids is 1. The van der Waals surface area contributed by atoms with Gasteiger partial charge in [0, 0.05) is 12.7 Å². The minimum absolute atomic E-state index is 0.0337. The third kappa shape index (κ3) is 4.03. The van der Waals surface area contributed by atoms with E-state index >= 15 is 0 Å². The normalized spacial score (nSPS) is 11.7. The third-order valence-electron chi connectivity index (χ3n) is 3.79. The lowest BCUT2D eigenvalue weighted by Gasteiger charge is -2.26. The summed E-state index contributed by atoms with van der Waals surface area (Å²) >= 11 is 0. The van der Waals surface area contributed by atoms with E-state index < -0.39 is 30.3 Å². The SMILES string of the molecule is CCC(CC)(CNC(=O)c1cccn1CC(F)F)C(=O)O. The number of carboxylic acid groups (broad SMARTS) is 1. The lowest BCUT2D eigenvalue weighted by atomic mass is 9.82. The maximum Gasteiger partial charge on any atom is 0.311 e. The van der Waals surface area contributed by atoms with Gasteiger partial charge in [-0.3, -0.25) is 9.59 Å². The molecule has 1 amide bonds. The first-order valence-electron chi connectivity index (χ1n) is 6.81. The van der Waals surface area contributed by atoms with E-state index in [4.69, 9.17) is 0 Å². The summed E-state index contributed by atoms with van der Waals surface area (Å²) in [4.78, 5) is 23.4. The number of aromatic nitrogens is 1. The van der Waals surface area contributed by atoms with Gasteiger partial charge in [0.2, 0.25) is 0 Å². The first-order chi connectivity index (χ1) is 9.86. The summed E-state index contributed by atoms with van der Waals surface area (Å²) in [7, 11) is 0. The molecule has 0 bridgehead atoms. The van der Waals surface area contributed by atoms with Crippen molar-refractivity contribution < 1.29 is 23.5 Å². The van der Waals surface area contributed by atoms with Crippen molar-refractivity contribution in [1.82, 2.24) is 9.88 Å². The molecule has 0 atom stereocenters. The number of hydrogen-bond acceptors (Lipinski definition) is 2. The van der Waals surface area contributed by atoms with Crippen LogP contribution in [0.25, 0.3) is 0 Å². The van der Waals surface area contributed by atoms with Crippen LogP contribution in [0.2, 0.25) is 0 Å². The van der Waals surface area contributed by atoms with Crippen LogP contribution < -0.4 is 5.32 Å². The van der Waals surface area contributed by atoms with E-state index in [0.29, 0.717) is 12.8 Å². The molecular formula is C14H20F2N2O3. The quantitative estimate of drug-likeness (QED) is 0.774. The minimum atomic E-state index is -2.56. The maximum atomic E-state index is 12.4. The number of hydrogen-bond donors (Lipinski definition) is 2. The Morgan fingerprint density at radius 3 is 2.48 bits per heavy atom. The molecule has 1 rings (SSSR count). The largest absolute Gasteiger partial charge is 0.481 e. The molecule has 0 saturated heterocycles. The zero-order chi connectivity index (χ0) is 16.0. The summed E-state index contributed by atoms with van der Waals surface area (Å²) in [5.74, 6) is -1.52. The fourth-order valence-corrected chi connectivity index (χ4v) is 2.15. The van der Waals surface area contributed by atoms with E-state index in [1.165, 1.54) is 18.3 Å². The van der Waals surface area contributed by atoms with Crippen molar-refractivity contribution in [2.75, 3.05) is 6.54 Å². The van der Waals surface area contributed by atoms with Crippen LogP contribution in [-0.2, 0) is 11.3 Å². The molecule has 0 fully saturated rings. The summed E-state index contributed by atoms with van der Waals surface area (Å²) in [6.45, 7) is 2.88. The van der Waals surface area contributed by atoms with E-state index in [1.807, 2.05) is 0 Å². The minimum Gasteiger partial charge on any atom is -0.481 e. The van der Waals surface area contributed by atoms with E-state index in [9.17, 15) is 23.5 Å². The Morgan fingerprint density at radius 1 is 1.38 bits per heavy atom. The monoisotopic (exact) mass is 302 g/mol. The molecule has 21 heavy (non-hydrogen) atoms. The highest BCUT2D eigenvalue weighted by atomic mass is 19.3. The Hall–Kier alpha value is -1.92. The van der Waals surface area contributed by atoms with Crippen LogP contribution in [0.15, 0.2) is 18.3 Å². The van der Waals surface area contributed by atoms with Crippen molar-refractivity contribution in [3.05, 3.63) is 24.0 Å². The van der Waals surface area contributed by atoms with Crippen LogP contribution in [0.4, 0.5) is 8.78 Å². The van der Waals surface area contributed by atoms with Crippen molar-refractivity contribution in [3.63, 3.8) is 0 Å². The lowest BCUT2D eigenvalue weighted by Crippen LogP contribution is -2.42. The Balaban J connectivity index is 2.78. The number of nitrogens with zero attached hydrogens (tertiary/aromatic N) is 1. The van der Waals surface area contributed by atoms with E-state index in [-0.39, 0.29) is 12.2 Å². The number of rotatable bonds is 8. The molecule has 0 unspecified atom stereocenters. The molecule has 1 aromatic heterocycles. The maximum absolute atomic E-state index is 12.4. The summed E-state index contributed by atoms with van der Waals surface area (Å²) in [5, 5.41) is 11.8. The first-order valence-corrected chi connectivity index (χ1v) is 6.81. The zero-order valence-electron chi connectivity index (χ0n) is 12.1. The third-order valence-corrected chi connectivity index (χ3v) is 3.79. The summed E-state index contributed by atoms with van der Waals surface area (Å²) in [6.07, 6.45) is -0.423. The predicted octanol–water partition coefficient (Wildman–Crippen LogP) is 2.37.